The molecule has 0 radical (unpaired) electrons. The number of esters is 1. The van der Waals surface area contributed by atoms with Gasteiger partial charge < -0.3 is 9.84 Å². The highest BCUT2D eigenvalue weighted by Crippen LogP contribution is 2.30. The number of hydrogen-bond donors (Lipinski definition) is 1. The van der Waals surface area contributed by atoms with Crippen molar-refractivity contribution in [3.63, 3.8) is 0 Å². The molecule has 0 saturated carbocycles. The summed E-state index contributed by atoms with van der Waals surface area (Å²) < 4.78 is 5.50. The lowest BCUT2D eigenvalue weighted by Crippen LogP contribution is -2.02. The minimum Gasteiger partial charge on any atom is -0.507 e. The van der Waals surface area contributed by atoms with Crippen LogP contribution in [0.1, 0.15) is 10.4 Å². The van der Waals surface area contributed by atoms with Crippen LogP contribution in [-0.2, 0) is 4.74 Å². The van der Waals surface area contributed by atoms with E-state index in [9.17, 15) is 9.90 Å². The minimum atomic E-state index is -0.451. The van der Waals surface area contributed by atoms with Gasteiger partial charge in [-0.1, -0.05) is 0 Å². The topological polar surface area (TPSA) is 46.5 Å². The quantitative estimate of drug-likeness (QED) is 0.811. The molecule has 0 fully saturated rings. The molecule has 0 saturated heterocycles. The Labute approximate surface area is 92.0 Å². The van der Waals surface area contributed by atoms with Crippen LogP contribution >= 0.6 is 31.9 Å². The summed E-state index contributed by atoms with van der Waals surface area (Å²) in [5, 5.41) is 9.25. The van der Waals surface area contributed by atoms with Gasteiger partial charge in [0.15, 0.2) is 0 Å². The number of hydrogen-bond acceptors (Lipinski definition) is 3. The van der Waals surface area contributed by atoms with Gasteiger partial charge in [0.2, 0.25) is 0 Å². The summed E-state index contributed by atoms with van der Waals surface area (Å²) in [7, 11) is 1.30. The molecular formula is C8H6Br2O3. The molecule has 1 N–H and O–H groups in total. The monoisotopic (exact) mass is 308 g/mol. The van der Waals surface area contributed by atoms with Gasteiger partial charge in [-0.05, 0) is 44.0 Å². The number of carbonyl (C=O) groups excluding carboxylic acids is 1. The van der Waals surface area contributed by atoms with E-state index in [-0.39, 0.29) is 5.75 Å². The molecular weight excluding hydrogens is 304 g/mol. The Morgan fingerprint density at radius 2 is 2.00 bits per heavy atom. The van der Waals surface area contributed by atoms with Gasteiger partial charge in [-0.2, -0.15) is 0 Å². The van der Waals surface area contributed by atoms with Gasteiger partial charge in [-0.15, -0.1) is 0 Å². The van der Waals surface area contributed by atoms with Gasteiger partial charge >= 0.3 is 5.97 Å². The summed E-state index contributed by atoms with van der Waals surface area (Å²) in [6.45, 7) is 0. The second-order valence-electron chi connectivity index (χ2n) is 2.28. The Morgan fingerprint density at radius 3 is 2.54 bits per heavy atom. The smallest absolute Gasteiger partial charge is 0.339 e. The van der Waals surface area contributed by atoms with Crippen molar-refractivity contribution < 1.29 is 14.6 Å². The summed E-state index contributed by atoms with van der Waals surface area (Å²) >= 11 is 6.24. The highest BCUT2D eigenvalue weighted by molar-refractivity contribution is 9.11. The fraction of sp³-hybridized carbons (Fsp3) is 0.125. The molecule has 0 aromatic heterocycles. The lowest BCUT2D eigenvalue weighted by atomic mass is 10.2. The zero-order chi connectivity index (χ0) is 10.0. The van der Waals surface area contributed by atoms with Crippen LogP contribution in [0.15, 0.2) is 21.1 Å². The van der Waals surface area contributed by atoms with Crippen LogP contribution in [0.25, 0.3) is 0 Å². The second-order valence-corrected chi connectivity index (χ2v) is 3.98. The van der Waals surface area contributed by atoms with Crippen molar-refractivity contribution in [1.82, 2.24) is 0 Å². The Hall–Kier alpha value is -0.550. The molecule has 1 aromatic carbocycles. The van der Waals surface area contributed by atoms with Crippen molar-refractivity contribution in [2.75, 3.05) is 7.11 Å². The van der Waals surface area contributed by atoms with E-state index in [4.69, 9.17) is 0 Å². The summed E-state index contributed by atoms with van der Waals surface area (Å²) in [4.78, 5) is 11.1. The molecule has 0 spiro atoms. The standard InChI is InChI=1S/C8H6Br2O3/c1-13-8(12)4-2-6(10)7(11)3-5(4)9/h2-3,11H,1H3. The molecule has 1 rings (SSSR count). The Balaban J connectivity index is 3.23. The first-order valence-corrected chi connectivity index (χ1v) is 4.91. The van der Waals surface area contributed by atoms with Crippen LogP contribution in [0.4, 0.5) is 0 Å². The highest BCUT2D eigenvalue weighted by Gasteiger charge is 2.12. The van der Waals surface area contributed by atoms with Gasteiger partial charge in [0.25, 0.3) is 0 Å². The van der Waals surface area contributed by atoms with Gasteiger partial charge in [0.1, 0.15) is 5.75 Å². The van der Waals surface area contributed by atoms with Crippen molar-refractivity contribution in [1.29, 1.82) is 0 Å². The largest absolute Gasteiger partial charge is 0.507 e. The maximum Gasteiger partial charge on any atom is 0.339 e. The Morgan fingerprint density at radius 1 is 1.38 bits per heavy atom. The molecule has 0 aliphatic rings. The first-order valence-electron chi connectivity index (χ1n) is 3.32. The molecule has 1 aromatic rings. The van der Waals surface area contributed by atoms with E-state index < -0.39 is 5.97 Å². The minimum absolute atomic E-state index is 0.0690. The van der Waals surface area contributed by atoms with Crippen LogP contribution in [-0.4, -0.2) is 18.2 Å². The molecule has 70 valence electrons. The maximum atomic E-state index is 11.1. The van der Waals surface area contributed by atoms with Gasteiger partial charge in [0, 0.05) is 4.47 Å². The average Bonchev–Trinajstić information content (AvgIpc) is 2.10. The number of benzene rings is 1. The highest BCUT2D eigenvalue weighted by atomic mass is 79.9. The number of aromatic hydroxyl groups is 1. The third kappa shape index (κ3) is 2.22. The molecule has 5 heteroatoms. The average molecular weight is 310 g/mol. The van der Waals surface area contributed by atoms with E-state index >= 15 is 0 Å². The Kier molecular flexibility index (Phi) is 3.33. The Bertz CT molecular complexity index is 349. The van der Waals surface area contributed by atoms with E-state index in [2.05, 4.69) is 36.6 Å². The molecule has 0 atom stereocenters. The van der Waals surface area contributed by atoms with Crippen molar-refractivity contribution in [3.8, 4) is 5.75 Å². The SMILES string of the molecule is COC(=O)c1cc(Br)c(O)cc1Br. The molecule has 0 heterocycles. The van der Waals surface area contributed by atoms with E-state index in [0.717, 1.165) is 0 Å². The lowest BCUT2D eigenvalue weighted by Gasteiger charge is -2.04. The van der Waals surface area contributed by atoms with E-state index in [1.54, 1.807) is 0 Å². The van der Waals surface area contributed by atoms with E-state index in [0.29, 0.717) is 14.5 Å². The van der Waals surface area contributed by atoms with Crippen LogP contribution in [0, 0.1) is 0 Å². The number of halogens is 2. The maximum absolute atomic E-state index is 11.1. The lowest BCUT2D eigenvalue weighted by molar-refractivity contribution is 0.0599. The summed E-state index contributed by atoms with van der Waals surface area (Å²) in [5.41, 5.74) is 0.368. The van der Waals surface area contributed by atoms with Gasteiger partial charge in [-0.25, -0.2) is 4.79 Å². The number of phenolic OH excluding ortho intramolecular Hbond substituents is 1. The fourth-order valence-corrected chi connectivity index (χ4v) is 1.64. The normalized spacial score (nSPS) is 9.77. The third-order valence-corrected chi connectivity index (χ3v) is 2.73. The molecule has 0 amide bonds. The number of methoxy groups -OCH3 is 1. The van der Waals surface area contributed by atoms with Crippen LogP contribution in [0.5, 0.6) is 5.75 Å². The zero-order valence-electron chi connectivity index (χ0n) is 6.67. The van der Waals surface area contributed by atoms with Crippen LogP contribution in [0.3, 0.4) is 0 Å². The summed E-state index contributed by atoms with van der Waals surface area (Å²) in [5.74, 6) is -0.382. The second kappa shape index (κ2) is 4.11. The molecule has 0 aliphatic heterocycles. The molecule has 0 unspecified atom stereocenters. The van der Waals surface area contributed by atoms with Crippen molar-refractivity contribution in [2.24, 2.45) is 0 Å². The third-order valence-electron chi connectivity index (χ3n) is 1.44. The summed E-state index contributed by atoms with van der Waals surface area (Å²) in [6.07, 6.45) is 0. The zero-order valence-corrected chi connectivity index (χ0v) is 9.85. The number of ether oxygens (including phenoxy) is 1. The fourth-order valence-electron chi connectivity index (χ4n) is 0.803. The first kappa shape index (κ1) is 10.5. The molecule has 3 nitrogen and oxygen atoms in total. The van der Waals surface area contributed by atoms with Crippen LogP contribution < -0.4 is 0 Å². The molecule has 0 aliphatic carbocycles. The van der Waals surface area contributed by atoms with Crippen molar-refractivity contribution in [3.05, 3.63) is 26.6 Å². The van der Waals surface area contributed by atoms with Crippen molar-refractivity contribution in [2.45, 2.75) is 0 Å². The predicted octanol–water partition coefficient (Wildman–Crippen LogP) is 2.70. The molecule has 0 bridgehead atoms. The van der Waals surface area contributed by atoms with Gasteiger partial charge in [0.05, 0.1) is 17.1 Å². The van der Waals surface area contributed by atoms with Gasteiger partial charge in [-0.3, -0.25) is 0 Å². The number of carbonyl (C=O) groups is 1. The van der Waals surface area contributed by atoms with Crippen molar-refractivity contribution >= 4 is 37.8 Å². The first-order chi connectivity index (χ1) is 6.06. The molecule has 13 heavy (non-hydrogen) atoms. The van der Waals surface area contributed by atoms with E-state index in [1.807, 2.05) is 0 Å². The van der Waals surface area contributed by atoms with E-state index in [1.165, 1.54) is 19.2 Å². The number of phenols is 1. The predicted molar refractivity (Wildman–Crippen MR) is 54.8 cm³/mol. The number of rotatable bonds is 1. The van der Waals surface area contributed by atoms with Crippen LogP contribution in [0.2, 0.25) is 0 Å². The summed E-state index contributed by atoms with van der Waals surface area (Å²) in [6, 6.07) is 2.92.